The highest BCUT2D eigenvalue weighted by atomic mass is 79.9. The van der Waals surface area contributed by atoms with Crippen molar-refractivity contribution in [2.24, 2.45) is 0 Å². The maximum absolute atomic E-state index is 13.0. The Bertz CT molecular complexity index is 598. The molecule has 1 aromatic carbocycles. The molecule has 6 heteroatoms. The van der Waals surface area contributed by atoms with Crippen LogP contribution in [-0.4, -0.2) is 9.78 Å². The molecule has 2 rings (SSSR count). The first-order valence-corrected chi connectivity index (χ1v) is 7.10. The smallest absolute Gasteiger partial charge is 0.124 e. The van der Waals surface area contributed by atoms with Gasteiger partial charge in [-0.15, -0.1) is 0 Å². The van der Waals surface area contributed by atoms with Gasteiger partial charge in [-0.2, -0.15) is 5.10 Å². The van der Waals surface area contributed by atoms with E-state index in [0.29, 0.717) is 16.0 Å². The van der Waals surface area contributed by atoms with Gasteiger partial charge in [-0.1, -0.05) is 11.6 Å². The molecule has 0 fully saturated rings. The largest absolute Gasteiger partial charge is 0.378 e. The normalized spacial score (nSPS) is 10.8. The highest BCUT2D eigenvalue weighted by Gasteiger charge is 2.12. The van der Waals surface area contributed by atoms with Gasteiger partial charge in [-0.3, -0.25) is 4.68 Å². The van der Waals surface area contributed by atoms with Crippen molar-refractivity contribution in [1.29, 1.82) is 0 Å². The summed E-state index contributed by atoms with van der Waals surface area (Å²) in [7, 11) is 0. The summed E-state index contributed by atoms with van der Waals surface area (Å²) in [4.78, 5) is 0. The standard InChI is InChI=1S/C13H14BrClFN3/c1-3-19-12(13(15)8(2)18-19)7-17-11-5-4-9(16)6-10(11)14/h4-6,17H,3,7H2,1-2H3. The van der Waals surface area contributed by atoms with Crippen molar-refractivity contribution in [3.8, 4) is 0 Å². The first kappa shape index (κ1) is 14.3. The summed E-state index contributed by atoms with van der Waals surface area (Å²) < 4.78 is 15.6. The maximum Gasteiger partial charge on any atom is 0.124 e. The van der Waals surface area contributed by atoms with Gasteiger partial charge >= 0.3 is 0 Å². The molecule has 1 aromatic heterocycles. The molecule has 2 aromatic rings. The first-order chi connectivity index (χ1) is 9.02. The van der Waals surface area contributed by atoms with E-state index in [1.54, 1.807) is 6.07 Å². The molecule has 0 radical (unpaired) electrons. The molecule has 0 aliphatic carbocycles. The number of halogens is 3. The summed E-state index contributed by atoms with van der Waals surface area (Å²) in [5, 5.41) is 8.25. The average Bonchev–Trinajstić information content (AvgIpc) is 2.65. The van der Waals surface area contributed by atoms with E-state index in [0.717, 1.165) is 23.6 Å². The fraction of sp³-hybridized carbons (Fsp3) is 0.308. The third-order valence-electron chi connectivity index (χ3n) is 2.83. The summed E-state index contributed by atoms with van der Waals surface area (Å²) in [5.41, 5.74) is 2.57. The van der Waals surface area contributed by atoms with Crippen LogP contribution in [0.5, 0.6) is 0 Å². The van der Waals surface area contributed by atoms with Crippen molar-refractivity contribution < 1.29 is 4.39 Å². The summed E-state index contributed by atoms with van der Waals surface area (Å²) in [5.74, 6) is -0.273. The van der Waals surface area contributed by atoms with Gasteiger partial charge in [0.1, 0.15) is 5.82 Å². The predicted molar refractivity (Wildman–Crippen MR) is 79.1 cm³/mol. The zero-order valence-electron chi connectivity index (χ0n) is 10.7. The van der Waals surface area contributed by atoms with E-state index in [1.807, 2.05) is 18.5 Å². The van der Waals surface area contributed by atoms with Crippen LogP contribution < -0.4 is 5.32 Å². The molecular weight excluding hydrogens is 333 g/mol. The van der Waals surface area contributed by atoms with Gasteiger partial charge in [0.15, 0.2) is 0 Å². The Balaban J connectivity index is 2.18. The number of aryl methyl sites for hydroxylation is 2. The van der Waals surface area contributed by atoms with E-state index in [9.17, 15) is 4.39 Å². The zero-order valence-corrected chi connectivity index (χ0v) is 13.0. The molecule has 3 nitrogen and oxygen atoms in total. The van der Waals surface area contributed by atoms with Crippen molar-refractivity contribution in [2.75, 3.05) is 5.32 Å². The molecule has 102 valence electrons. The SMILES string of the molecule is CCn1nc(C)c(Cl)c1CNc1ccc(F)cc1Br. The van der Waals surface area contributed by atoms with Gasteiger partial charge in [-0.25, -0.2) is 4.39 Å². The Labute approximate surface area is 124 Å². The van der Waals surface area contributed by atoms with Gasteiger partial charge in [-0.05, 0) is 48.0 Å². The molecule has 1 heterocycles. The van der Waals surface area contributed by atoms with Crippen LogP contribution in [0.25, 0.3) is 0 Å². The number of hydrogen-bond donors (Lipinski definition) is 1. The minimum Gasteiger partial charge on any atom is -0.378 e. The van der Waals surface area contributed by atoms with Crippen LogP contribution >= 0.6 is 27.5 Å². The van der Waals surface area contributed by atoms with Crippen LogP contribution in [0.15, 0.2) is 22.7 Å². The van der Waals surface area contributed by atoms with Crippen molar-refractivity contribution in [3.05, 3.63) is 44.9 Å². The first-order valence-electron chi connectivity index (χ1n) is 5.93. The number of nitrogens with zero attached hydrogens (tertiary/aromatic N) is 2. The van der Waals surface area contributed by atoms with Gasteiger partial charge < -0.3 is 5.32 Å². The highest BCUT2D eigenvalue weighted by molar-refractivity contribution is 9.10. The van der Waals surface area contributed by atoms with Gasteiger partial charge in [0.05, 0.1) is 23.0 Å². The molecule has 0 bridgehead atoms. The Hall–Kier alpha value is -1.07. The van der Waals surface area contributed by atoms with Crippen LogP contribution in [0, 0.1) is 12.7 Å². The molecule has 19 heavy (non-hydrogen) atoms. The van der Waals surface area contributed by atoms with E-state index in [1.165, 1.54) is 12.1 Å². The second kappa shape index (κ2) is 5.92. The monoisotopic (exact) mass is 345 g/mol. The van der Waals surface area contributed by atoms with Crippen LogP contribution in [0.4, 0.5) is 10.1 Å². The van der Waals surface area contributed by atoms with Gasteiger partial charge in [0.2, 0.25) is 0 Å². The Morgan fingerprint density at radius 2 is 2.21 bits per heavy atom. The molecule has 0 spiro atoms. The summed E-state index contributed by atoms with van der Waals surface area (Å²) in [6, 6.07) is 4.52. The van der Waals surface area contributed by atoms with E-state index < -0.39 is 0 Å². The lowest BCUT2D eigenvalue weighted by atomic mass is 10.3. The van der Waals surface area contributed by atoms with Gasteiger partial charge in [0.25, 0.3) is 0 Å². The zero-order chi connectivity index (χ0) is 14.0. The minimum absolute atomic E-state index is 0.273. The summed E-state index contributed by atoms with van der Waals surface area (Å²) >= 11 is 9.55. The third kappa shape index (κ3) is 3.09. The molecular formula is C13H14BrClFN3. The van der Waals surface area contributed by atoms with Gasteiger partial charge in [0, 0.05) is 16.7 Å². The fourth-order valence-corrected chi connectivity index (χ4v) is 2.54. The minimum atomic E-state index is -0.273. The highest BCUT2D eigenvalue weighted by Crippen LogP contribution is 2.26. The lowest BCUT2D eigenvalue weighted by Gasteiger charge is -2.10. The van der Waals surface area contributed by atoms with Crippen molar-refractivity contribution >= 4 is 33.2 Å². The molecule has 0 unspecified atom stereocenters. The van der Waals surface area contributed by atoms with Crippen LogP contribution in [0.1, 0.15) is 18.3 Å². The van der Waals surface area contributed by atoms with Crippen LogP contribution in [-0.2, 0) is 13.1 Å². The van der Waals surface area contributed by atoms with Crippen LogP contribution in [0.2, 0.25) is 5.02 Å². The Morgan fingerprint density at radius 3 is 2.84 bits per heavy atom. The molecule has 0 saturated heterocycles. The Kier molecular flexibility index (Phi) is 4.47. The summed E-state index contributed by atoms with van der Waals surface area (Å²) in [6.07, 6.45) is 0. The second-order valence-corrected chi connectivity index (χ2v) is 5.37. The lowest BCUT2D eigenvalue weighted by molar-refractivity contribution is 0.622. The molecule has 0 amide bonds. The molecule has 1 N–H and O–H groups in total. The van der Waals surface area contributed by atoms with E-state index in [4.69, 9.17) is 11.6 Å². The van der Waals surface area contributed by atoms with Crippen molar-refractivity contribution in [2.45, 2.75) is 26.9 Å². The van der Waals surface area contributed by atoms with E-state index >= 15 is 0 Å². The fourth-order valence-electron chi connectivity index (χ4n) is 1.85. The van der Waals surface area contributed by atoms with E-state index in [-0.39, 0.29) is 5.82 Å². The molecule has 0 aliphatic rings. The number of aromatic nitrogens is 2. The molecule has 0 saturated carbocycles. The molecule has 0 aliphatic heterocycles. The number of rotatable bonds is 4. The van der Waals surface area contributed by atoms with E-state index in [2.05, 4.69) is 26.3 Å². The number of hydrogen-bond acceptors (Lipinski definition) is 2. The lowest BCUT2D eigenvalue weighted by Crippen LogP contribution is -2.08. The summed E-state index contributed by atoms with van der Waals surface area (Å²) in [6.45, 7) is 5.19. The maximum atomic E-state index is 13.0. The number of anilines is 1. The number of benzene rings is 1. The van der Waals surface area contributed by atoms with Crippen molar-refractivity contribution in [1.82, 2.24) is 9.78 Å². The topological polar surface area (TPSA) is 29.9 Å². The predicted octanol–water partition coefficient (Wildman–Crippen LogP) is 4.38. The third-order valence-corrected chi connectivity index (χ3v) is 3.98. The van der Waals surface area contributed by atoms with Crippen molar-refractivity contribution in [3.63, 3.8) is 0 Å². The number of nitrogens with one attached hydrogen (secondary N) is 1. The quantitative estimate of drug-likeness (QED) is 0.890. The second-order valence-electron chi connectivity index (χ2n) is 4.14. The Morgan fingerprint density at radius 1 is 1.47 bits per heavy atom. The molecule has 0 atom stereocenters. The average molecular weight is 347 g/mol. The van der Waals surface area contributed by atoms with Crippen LogP contribution in [0.3, 0.4) is 0 Å².